The fourth-order valence-corrected chi connectivity index (χ4v) is 3.35. The van der Waals surface area contributed by atoms with Crippen LogP contribution < -0.4 is 11.1 Å². The zero-order chi connectivity index (χ0) is 16.8. The van der Waals surface area contributed by atoms with Gasteiger partial charge in [0.2, 0.25) is 0 Å². The van der Waals surface area contributed by atoms with Crippen LogP contribution in [0.3, 0.4) is 0 Å². The molecule has 0 radical (unpaired) electrons. The number of amides is 1. The van der Waals surface area contributed by atoms with Crippen LogP contribution in [0.15, 0.2) is 18.5 Å². The maximum atomic E-state index is 12.7. The Morgan fingerprint density at radius 3 is 2.78 bits per heavy atom. The average Bonchev–Trinajstić information content (AvgIpc) is 3.08. The molecule has 3 rings (SSSR count). The van der Waals surface area contributed by atoms with Crippen LogP contribution in [-0.2, 0) is 14.1 Å². The first-order chi connectivity index (χ1) is 10.8. The summed E-state index contributed by atoms with van der Waals surface area (Å²) in [6.45, 7) is 4.97. The average molecular weight is 316 g/mol. The van der Waals surface area contributed by atoms with Gasteiger partial charge in [-0.1, -0.05) is 13.8 Å². The molecule has 0 bridgehead atoms. The van der Waals surface area contributed by atoms with Crippen LogP contribution in [0.5, 0.6) is 0 Å². The van der Waals surface area contributed by atoms with Crippen molar-refractivity contribution in [1.82, 2.24) is 24.9 Å². The third kappa shape index (κ3) is 2.55. The van der Waals surface area contributed by atoms with Crippen molar-refractivity contribution >= 4 is 5.91 Å². The fraction of sp³-hybridized carbons (Fsp3) is 0.562. The quantitative estimate of drug-likeness (QED) is 0.877. The van der Waals surface area contributed by atoms with Gasteiger partial charge in [0.15, 0.2) is 0 Å². The first-order valence-electron chi connectivity index (χ1n) is 7.87. The van der Waals surface area contributed by atoms with E-state index in [-0.39, 0.29) is 17.4 Å². The predicted octanol–water partition coefficient (Wildman–Crippen LogP) is 0.924. The standard InChI is InChI=1S/C16H24N6O/c1-16(2)10(8-17)7-13(16)19-15(23)11-9-21(3)20-14(11)12-5-6-18-22(12)4/h5-6,9-10,13H,7-8,17H2,1-4H3,(H,19,23). The Labute approximate surface area is 135 Å². The van der Waals surface area contributed by atoms with Crippen molar-refractivity contribution in [1.29, 1.82) is 0 Å². The summed E-state index contributed by atoms with van der Waals surface area (Å²) in [7, 11) is 3.65. The molecule has 0 saturated heterocycles. The van der Waals surface area contributed by atoms with Gasteiger partial charge in [0, 0.05) is 32.5 Å². The number of aryl methyl sites for hydroxylation is 2. The number of rotatable bonds is 4. The number of nitrogens with one attached hydrogen (secondary N) is 1. The molecule has 2 unspecified atom stereocenters. The first kappa shape index (κ1) is 15.7. The second kappa shape index (κ2) is 5.49. The molecule has 1 saturated carbocycles. The molecule has 7 nitrogen and oxygen atoms in total. The molecule has 1 fully saturated rings. The highest BCUT2D eigenvalue weighted by Crippen LogP contribution is 2.45. The van der Waals surface area contributed by atoms with Crippen molar-refractivity contribution in [3.05, 3.63) is 24.0 Å². The maximum Gasteiger partial charge on any atom is 0.255 e. The first-order valence-corrected chi connectivity index (χ1v) is 7.87. The van der Waals surface area contributed by atoms with E-state index in [0.717, 1.165) is 12.1 Å². The van der Waals surface area contributed by atoms with E-state index < -0.39 is 0 Å². The second-order valence-corrected chi connectivity index (χ2v) is 6.92. The summed E-state index contributed by atoms with van der Waals surface area (Å²) in [5.74, 6) is 0.362. The summed E-state index contributed by atoms with van der Waals surface area (Å²) in [6, 6.07) is 2.00. The van der Waals surface area contributed by atoms with E-state index >= 15 is 0 Å². The van der Waals surface area contributed by atoms with E-state index in [9.17, 15) is 4.79 Å². The molecule has 124 valence electrons. The van der Waals surface area contributed by atoms with Crippen LogP contribution in [0.2, 0.25) is 0 Å². The summed E-state index contributed by atoms with van der Waals surface area (Å²) in [5, 5.41) is 11.7. The van der Waals surface area contributed by atoms with Gasteiger partial charge >= 0.3 is 0 Å². The molecule has 2 aromatic heterocycles. The molecular formula is C16H24N6O. The Morgan fingerprint density at radius 1 is 1.48 bits per heavy atom. The zero-order valence-electron chi connectivity index (χ0n) is 14.1. The Kier molecular flexibility index (Phi) is 3.75. The van der Waals surface area contributed by atoms with Gasteiger partial charge in [-0.3, -0.25) is 14.2 Å². The van der Waals surface area contributed by atoms with Gasteiger partial charge in [0.05, 0.1) is 11.3 Å². The highest BCUT2D eigenvalue weighted by molar-refractivity contribution is 5.99. The van der Waals surface area contributed by atoms with Crippen molar-refractivity contribution in [2.45, 2.75) is 26.3 Å². The molecule has 23 heavy (non-hydrogen) atoms. The minimum absolute atomic E-state index is 0.0271. The minimum atomic E-state index is -0.0946. The highest BCUT2D eigenvalue weighted by Gasteiger charge is 2.48. The van der Waals surface area contributed by atoms with E-state index in [1.807, 2.05) is 20.2 Å². The van der Waals surface area contributed by atoms with Gasteiger partial charge < -0.3 is 11.1 Å². The summed E-state index contributed by atoms with van der Waals surface area (Å²) < 4.78 is 3.38. The largest absolute Gasteiger partial charge is 0.349 e. The molecule has 1 amide bonds. The monoisotopic (exact) mass is 316 g/mol. The van der Waals surface area contributed by atoms with Gasteiger partial charge in [-0.2, -0.15) is 10.2 Å². The Hall–Kier alpha value is -2.15. The molecule has 3 N–H and O–H groups in total. The van der Waals surface area contributed by atoms with Crippen molar-refractivity contribution in [2.24, 2.45) is 31.2 Å². The minimum Gasteiger partial charge on any atom is -0.349 e. The molecule has 2 atom stereocenters. The molecule has 1 aliphatic rings. The van der Waals surface area contributed by atoms with E-state index in [1.165, 1.54) is 0 Å². The number of nitrogens with two attached hydrogens (primary N) is 1. The number of aromatic nitrogens is 4. The van der Waals surface area contributed by atoms with Gasteiger partial charge in [-0.05, 0) is 30.4 Å². The van der Waals surface area contributed by atoms with Gasteiger partial charge in [-0.15, -0.1) is 0 Å². The molecule has 0 spiro atoms. The molecule has 1 aliphatic carbocycles. The summed E-state index contributed by atoms with van der Waals surface area (Å²) in [4.78, 5) is 12.7. The predicted molar refractivity (Wildman–Crippen MR) is 87.6 cm³/mol. The number of carbonyl (C=O) groups excluding carboxylic acids is 1. The lowest BCUT2D eigenvalue weighted by atomic mass is 9.58. The van der Waals surface area contributed by atoms with Crippen LogP contribution in [0.25, 0.3) is 11.4 Å². The lowest BCUT2D eigenvalue weighted by molar-refractivity contribution is 0.0200. The number of nitrogens with zero attached hydrogens (tertiary/aromatic N) is 4. The molecule has 2 aromatic rings. The van der Waals surface area contributed by atoms with Crippen molar-refractivity contribution in [2.75, 3.05) is 6.54 Å². The lowest BCUT2D eigenvalue weighted by Gasteiger charge is -2.52. The van der Waals surface area contributed by atoms with Crippen molar-refractivity contribution in [3.63, 3.8) is 0 Å². The van der Waals surface area contributed by atoms with Crippen molar-refractivity contribution in [3.8, 4) is 11.4 Å². The van der Waals surface area contributed by atoms with E-state index in [2.05, 4.69) is 29.4 Å². The van der Waals surface area contributed by atoms with Crippen LogP contribution in [0.4, 0.5) is 0 Å². The summed E-state index contributed by atoms with van der Waals surface area (Å²) >= 11 is 0. The van der Waals surface area contributed by atoms with Gasteiger partial charge in [0.25, 0.3) is 5.91 Å². The zero-order valence-corrected chi connectivity index (χ0v) is 14.1. The SMILES string of the molecule is Cn1cc(C(=O)NC2CC(CN)C2(C)C)c(-c2ccnn2C)n1. The smallest absolute Gasteiger partial charge is 0.255 e. The van der Waals surface area contributed by atoms with Crippen molar-refractivity contribution < 1.29 is 4.79 Å². The Morgan fingerprint density at radius 2 is 2.22 bits per heavy atom. The molecule has 2 heterocycles. The third-order valence-electron chi connectivity index (χ3n) is 5.20. The number of hydrogen-bond donors (Lipinski definition) is 2. The summed E-state index contributed by atoms with van der Waals surface area (Å²) in [6.07, 6.45) is 4.38. The summed E-state index contributed by atoms with van der Waals surface area (Å²) in [5.41, 5.74) is 7.86. The van der Waals surface area contributed by atoms with Crippen LogP contribution in [0, 0.1) is 11.3 Å². The normalized spacial score (nSPS) is 22.7. The second-order valence-electron chi connectivity index (χ2n) is 6.92. The van der Waals surface area contributed by atoms with E-state index in [1.54, 1.807) is 21.8 Å². The van der Waals surface area contributed by atoms with Crippen LogP contribution in [-0.4, -0.2) is 38.1 Å². The van der Waals surface area contributed by atoms with Gasteiger partial charge in [-0.25, -0.2) is 0 Å². The van der Waals surface area contributed by atoms with E-state index in [4.69, 9.17) is 5.73 Å². The maximum absolute atomic E-state index is 12.7. The lowest BCUT2D eigenvalue weighted by Crippen LogP contribution is -2.60. The highest BCUT2D eigenvalue weighted by atomic mass is 16.1. The molecule has 0 aromatic carbocycles. The number of carbonyl (C=O) groups is 1. The van der Waals surface area contributed by atoms with Crippen LogP contribution in [0.1, 0.15) is 30.6 Å². The van der Waals surface area contributed by atoms with Crippen LogP contribution >= 0.6 is 0 Å². The molecule has 7 heteroatoms. The Balaban J connectivity index is 1.83. The molecule has 0 aliphatic heterocycles. The Bertz CT molecular complexity index is 729. The van der Waals surface area contributed by atoms with E-state index in [0.29, 0.717) is 23.7 Å². The van der Waals surface area contributed by atoms with Gasteiger partial charge in [0.1, 0.15) is 5.69 Å². The number of hydrogen-bond acceptors (Lipinski definition) is 4. The topological polar surface area (TPSA) is 90.8 Å². The third-order valence-corrected chi connectivity index (χ3v) is 5.20. The molecular weight excluding hydrogens is 292 g/mol. The fourth-order valence-electron chi connectivity index (χ4n) is 3.35.